The number of amides is 1. The molecule has 3 aromatic rings. The Hall–Kier alpha value is -2.53. The van der Waals surface area contributed by atoms with Gasteiger partial charge < -0.3 is 0 Å². The molecule has 1 aliphatic rings. The van der Waals surface area contributed by atoms with Crippen LogP contribution in [0.15, 0.2) is 88.8 Å². The van der Waals surface area contributed by atoms with E-state index in [2.05, 4.69) is 0 Å². The van der Waals surface area contributed by atoms with Gasteiger partial charge in [0.1, 0.15) is 0 Å². The van der Waals surface area contributed by atoms with Crippen molar-refractivity contribution in [2.75, 3.05) is 0 Å². The van der Waals surface area contributed by atoms with Crippen molar-refractivity contribution in [1.82, 2.24) is 4.90 Å². The molecule has 3 nitrogen and oxygen atoms in total. The van der Waals surface area contributed by atoms with Crippen molar-refractivity contribution in [2.24, 2.45) is 4.99 Å². The van der Waals surface area contributed by atoms with Gasteiger partial charge in [-0.05, 0) is 65.4 Å². The lowest BCUT2D eigenvalue weighted by Crippen LogP contribution is -2.28. The zero-order valence-corrected chi connectivity index (χ0v) is 17.6. The lowest BCUT2D eigenvalue weighted by atomic mass is 10.2. The minimum absolute atomic E-state index is 0.0837. The molecule has 1 saturated heterocycles. The fraction of sp³-hybridized carbons (Fsp3) is 0.0435. The Morgan fingerprint density at radius 2 is 1.66 bits per heavy atom. The minimum atomic E-state index is -0.0837. The summed E-state index contributed by atoms with van der Waals surface area (Å²) in [4.78, 5) is 20.2. The average Bonchev–Trinajstić information content (AvgIpc) is 2.99. The Kier molecular flexibility index (Phi) is 6.05. The summed E-state index contributed by atoms with van der Waals surface area (Å²) >= 11 is 13.5. The van der Waals surface area contributed by atoms with Crippen molar-refractivity contribution in [1.29, 1.82) is 0 Å². The molecular weight excluding hydrogens is 423 g/mol. The molecule has 29 heavy (non-hydrogen) atoms. The Balaban J connectivity index is 1.69. The number of carbonyl (C=O) groups excluding carboxylic acids is 1. The Bertz CT molecular complexity index is 1100. The van der Waals surface area contributed by atoms with Crippen molar-refractivity contribution < 1.29 is 4.79 Å². The zero-order valence-electron chi connectivity index (χ0n) is 15.3. The summed E-state index contributed by atoms with van der Waals surface area (Å²) in [5, 5.41) is 1.94. The van der Waals surface area contributed by atoms with Gasteiger partial charge in [0.15, 0.2) is 5.17 Å². The number of thioether (sulfide) groups is 1. The fourth-order valence-corrected chi connectivity index (χ4v) is 4.21. The van der Waals surface area contributed by atoms with Gasteiger partial charge in [-0.25, -0.2) is 4.99 Å². The van der Waals surface area contributed by atoms with Gasteiger partial charge in [-0.15, -0.1) is 0 Å². The number of para-hydroxylation sites is 1. The predicted octanol–water partition coefficient (Wildman–Crippen LogP) is 6.80. The second kappa shape index (κ2) is 8.87. The van der Waals surface area contributed by atoms with Gasteiger partial charge in [0, 0.05) is 10.0 Å². The number of carbonyl (C=O) groups is 1. The van der Waals surface area contributed by atoms with Crippen molar-refractivity contribution in [3.05, 3.63) is 105 Å². The minimum Gasteiger partial charge on any atom is -0.282 e. The van der Waals surface area contributed by atoms with Crippen LogP contribution in [0.25, 0.3) is 6.08 Å². The van der Waals surface area contributed by atoms with Gasteiger partial charge in [0.05, 0.1) is 17.1 Å². The van der Waals surface area contributed by atoms with E-state index in [0.29, 0.717) is 26.7 Å². The lowest BCUT2D eigenvalue weighted by molar-refractivity contribution is -0.122. The standard InChI is InChI=1S/C23H16Cl2N2OS/c24-18-11-9-16(10-12-18)14-21-22(28)27(15-17-5-4-6-19(25)13-17)23(29-21)26-20-7-2-1-3-8-20/h1-14H,15H2/b21-14-,26-23?. The van der Waals surface area contributed by atoms with Crippen LogP contribution in [0.4, 0.5) is 5.69 Å². The van der Waals surface area contributed by atoms with E-state index in [1.165, 1.54) is 11.8 Å². The van der Waals surface area contributed by atoms with E-state index in [1.54, 1.807) is 17.0 Å². The maximum absolute atomic E-state index is 13.2. The zero-order chi connectivity index (χ0) is 20.2. The van der Waals surface area contributed by atoms with Crippen LogP contribution in [-0.4, -0.2) is 16.0 Å². The number of benzene rings is 3. The number of halogens is 2. The van der Waals surface area contributed by atoms with Crippen LogP contribution in [0.5, 0.6) is 0 Å². The molecule has 0 radical (unpaired) electrons. The van der Waals surface area contributed by atoms with E-state index < -0.39 is 0 Å². The maximum atomic E-state index is 13.2. The number of amidine groups is 1. The molecule has 3 aromatic carbocycles. The molecule has 6 heteroatoms. The first kappa shape index (κ1) is 19.8. The molecule has 144 valence electrons. The van der Waals surface area contributed by atoms with E-state index in [1.807, 2.05) is 72.8 Å². The summed E-state index contributed by atoms with van der Waals surface area (Å²) < 4.78 is 0. The fourth-order valence-electron chi connectivity index (χ4n) is 2.87. The van der Waals surface area contributed by atoms with Crippen LogP contribution in [0.1, 0.15) is 11.1 Å². The summed E-state index contributed by atoms with van der Waals surface area (Å²) in [7, 11) is 0. The molecule has 1 aliphatic heterocycles. The van der Waals surface area contributed by atoms with E-state index in [9.17, 15) is 4.79 Å². The van der Waals surface area contributed by atoms with Gasteiger partial charge in [0.2, 0.25) is 0 Å². The predicted molar refractivity (Wildman–Crippen MR) is 123 cm³/mol. The molecule has 1 amide bonds. The summed E-state index contributed by atoms with van der Waals surface area (Å²) in [6, 6.07) is 24.5. The highest BCUT2D eigenvalue weighted by atomic mass is 35.5. The molecule has 0 unspecified atom stereocenters. The highest BCUT2D eigenvalue weighted by Crippen LogP contribution is 2.35. The molecule has 0 spiro atoms. The van der Waals surface area contributed by atoms with Gasteiger partial charge in [-0.1, -0.05) is 65.7 Å². The van der Waals surface area contributed by atoms with Crippen molar-refractivity contribution >= 4 is 57.8 Å². The number of aliphatic imine (C=N–C) groups is 1. The van der Waals surface area contributed by atoms with Gasteiger partial charge >= 0.3 is 0 Å². The third-order valence-corrected chi connectivity index (χ3v) is 5.76. The van der Waals surface area contributed by atoms with Crippen LogP contribution in [0.3, 0.4) is 0 Å². The van der Waals surface area contributed by atoms with Crippen molar-refractivity contribution in [2.45, 2.75) is 6.54 Å². The number of rotatable bonds is 4. The average molecular weight is 439 g/mol. The molecule has 4 rings (SSSR count). The quantitative estimate of drug-likeness (QED) is 0.419. The van der Waals surface area contributed by atoms with E-state index in [-0.39, 0.29) is 5.91 Å². The van der Waals surface area contributed by atoms with E-state index in [4.69, 9.17) is 28.2 Å². The molecule has 0 N–H and O–H groups in total. The monoisotopic (exact) mass is 438 g/mol. The molecule has 0 aliphatic carbocycles. The first-order chi connectivity index (χ1) is 14.1. The third-order valence-electron chi connectivity index (χ3n) is 4.27. The second-order valence-electron chi connectivity index (χ2n) is 6.41. The molecule has 0 saturated carbocycles. The van der Waals surface area contributed by atoms with Gasteiger partial charge in [-0.3, -0.25) is 9.69 Å². The molecule has 0 aromatic heterocycles. The largest absolute Gasteiger partial charge is 0.282 e. The Morgan fingerprint density at radius 1 is 0.897 bits per heavy atom. The van der Waals surface area contributed by atoms with Crippen LogP contribution >= 0.6 is 35.0 Å². The van der Waals surface area contributed by atoms with Crippen LogP contribution < -0.4 is 0 Å². The highest BCUT2D eigenvalue weighted by molar-refractivity contribution is 8.18. The second-order valence-corrected chi connectivity index (χ2v) is 8.30. The maximum Gasteiger partial charge on any atom is 0.267 e. The van der Waals surface area contributed by atoms with Crippen LogP contribution in [-0.2, 0) is 11.3 Å². The first-order valence-electron chi connectivity index (χ1n) is 8.94. The highest BCUT2D eigenvalue weighted by Gasteiger charge is 2.33. The number of nitrogens with zero attached hydrogens (tertiary/aromatic N) is 2. The molecule has 0 bridgehead atoms. The smallest absolute Gasteiger partial charge is 0.267 e. The Labute approximate surface area is 183 Å². The van der Waals surface area contributed by atoms with Crippen LogP contribution in [0, 0.1) is 0 Å². The number of hydrogen-bond donors (Lipinski definition) is 0. The molecular formula is C23H16Cl2N2OS. The lowest BCUT2D eigenvalue weighted by Gasteiger charge is -2.16. The summed E-state index contributed by atoms with van der Waals surface area (Å²) in [5.41, 5.74) is 2.65. The summed E-state index contributed by atoms with van der Waals surface area (Å²) in [6.07, 6.45) is 1.86. The SMILES string of the molecule is O=C1/C(=C/c2ccc(Cl)cc2)SC(=Nc2ccccc2)N1Cc1cccc(Cl)c1. The third kappa shape index (κ3) is 4.91. The molecule has 1 fully saturated rings. The summed E-state index contributed by atoms with van der Waals surface area (Å²) in [5.74, 6) is -0.0837. The van der Waals surface area contributed by atoms with E-state index >= 15 is 0 Å². The van der Waals surface area contributed by atoms with Crippen molar-refractivity contribution in [3.8, 4) is 0 Å². The first-order valence-corrected chi connectivity index (χ1v) is 10.5. The van der Waals surface area contributed by atoms with Gasteiger partial charge in [-0.2, -0.15) is 0 Å². The van der Waals surface area contributed by atoms with Crippen molar-refractivity contribution in [3.63, 3.8) is 0 Å². The van der Waals surface area contributed by atoms with E-state index in [0.717, 1.165) is 16.8 Å². The van der Waals surface area contributed by atoms with Gasteiger partial charge in [0.25, 0.3) is 5.91 Å². The molecule has 1 heterocycles. The normalized spacial score (nSPS) is 16.8. The Morgan fingerprint density at radius 3 is 2.38 bits per heavy atom. The number of hydrogen-bond acceptors (Lipinski definition) is 3. The van der Waals surface area contributed by atoms with Crippen LogP contribution in [0.2, 0.25) is 10.0 Å². The molecule has 0 atom stereocenters. The summed E-state index contributed by atoms with van der Waals surface area (Å²) in [6.45, 7) is 0.399. The topological polar surface area (TPSA) is 32.7 Å².